The van der Waals surface area contributed by atoms with E-state index in [9.17, 15) is 4.79 Å². The Balaban J connectivity index is 3.70. The maximum atomic E-state index is 11.1. The molecule has 0 radical (unpaired) electrons. The van der Waals surface area contributed by atoms with Crippen molar-refractivity contribution >= 4 is 5.97 Å². The van der Waals surface area contributed by atoms with Crippen molar-refractivity contribution in [2.24, 2.45) is 0 Å². The zero-order valence-corrected chi connectivity index (χ0v) is 9.46. The predicted molar refractivity (Wildman–Crippen MR) is 55.8 cm³/mol. The van der Waals surface area contributed by atoms with Crippen LogP contribution < -0.4 is 0 Å². The second-order valence-corrected chi connectivity index (χ2v) is 3.42. The molecule has 2 atom stereocenters. The van der Waals surface area contributed by atoms with Gasteiger partial charge in [-0.05, 0) is 6.42 Å². The van der Waals surface area contributed by atoms with Gasteiger partial charge in [0.15, 0.2) is 0 Å². The molecule has 0 saturated heterocycles. The highest BCUT2D eigenvalue weighted by atomic mass is 16.6. The lowest BCUT2D eigenvalue weighted by atomic mass is 10.3. The molecule has 6 nitrogen and oxygen atoms in total. The summed E-state index contributed by atoms with van der Waals surface area (Å²) in [5.74, 6) is -0.382. The Labute approximate surface area is 94.8 Å². The minimum Gasteiger partial charge on any atom is -0.457 e. The zero-order chi connectivity index (χ0) is 12.4. The lowest BCUT2D eigenvalue weighted by Gasteiger charge is -2.16. The number of aliphatic hydroxyl groups excluding tert-OH is 3. The first kappa shape index (κ1) is 15.3. The zero-order valence-electron chi connectivity index (χ0n) is 9.46. The van der Waals surface area contributed by atoms with Gasteiger partial charge >= 0.3 is 5.97 Å². The van der Waals surface area contributed by atoms with Crippen LogP contribution in [0.25, 0.3) is 0 Å². The van der Waals surface area contributed by atoms with Crippen LogP contribution in [0.5, 0.6) is 0 Å². The van der Waals surface area contributed by atoms with Gasteiger partial charge in [-0.2, -0.15) is 0 Å². The number of carbonyl (C=O) groups excluding carboxylic acids is 1. The van der Waals surface area contributed by atoms with Crippen molar-refractivity contribution in [2.75, 3.05) is 26.4 Å². The number of rotatable bonds is 9. The molecule has 0 aromatic heterocycles. The van der Waals surface area contributed by atoms with Crippen LogP contribution in [0.1, 0.15) is 19.8 Å². The molecule has 0 bridgehead atoms. The van der Waals surface area contributed by atoms with Crippen LogP contribution in [-0.2, 0) is 14.3 Å². The molecule has 3 N–H and O–H groups in total. The van der Waals surface area contributed by atoms with Gasteiger partial charge in [0.1, 0.15) is 12.2 Å². The van der Waals surface area contributed by atoms with E-state index in [2.05, 4.69) is 0 Å². The maximum Gasteiger partial charge on any atom is 0.306 e. The first-order chi connectivity index (χ1) is 7.63. The lowest BCUT2D eigenvalue weighted by molar-refractivity contribution is -0.155. The standard InChI is InChI=1S/C10H20O6/c1-2-3-10(14)16-9(5-12)7-15-6-8(13)4-11/h8-9,11-13H,2-7H2,1H3. The molecular formula is C10H20O6. The van der Waals surface area contributed by atoms with Gasteiger partial charge in [0, 0.05) is 6.42 Å². The molecule has 0 amide bonds. The van der Waals surface area contributed by atoms with Crippen LogP contribution in [-0.4, -0.2) is 59.9 Å². The molecule has 0 rings (SSSR count). The highest BCUT2D eigenvalue weighted by Crippen LogP contribution is 1.99. The van der Waals surface area contributed by atoms with Crippen molar-refractivity contribution in [2.45, 2.75) is 32.0 Å². The van der Waals surface area contributed by atoms with E-state index in [1.54, 1.807) is 0 Å². The Kier molecular flexibility index (Phi) is 9.12. The maximum absolute atomic E-state index is 11.1. The van der Waals surface area contributed by atoms with E-state index in [0.717, 1.165) is 0 Å². The van der Waals surface area contributed by atoms with Gasteiger partial charge in [0.05, 0.1) is 26.4 Å². The van der Waals surface area contributed by atoms with Crippen LogP contribution >= 0.6 is 0 Å². The van der Waals surface area contributed by atoms with Crippen molar-refractivity contribution < 1.29 is 29.6 Å². The molecule has 0 aliphatic rings. The Morgan fingerprint density at radius 2 is 1.94 bits per heavy atom. The van der Waals surface area contributed by atoms with Crippen molar-refractivity contribution in [1.82, 2.24) is 0 Å². The third kappa shape index (κ3) is 7.58. The third-order valence-corrected chi connectivity index (χ3v) is 1.78. The van der Waals surface area contributed by atoms with Crippen LogP contribution in [0.4, 0.5) is 0 Å². The highest BCUT2D eigenvalue weighted by molar-refractivity contribution is 5.69. The summed E-state index contributed by atoms with van der Waals surface area (Å²) in [5, 5.41) is 26.4. The number of aliphatic hydroxyl groups is 3. The SMILES string of the molecule is CCCC(=O)OC(CO)COCC(O)CO. The van der Waals surface area contributed by atoms with Gasteiger partial charge in [-0.25, -0.2) is 0 Å². The van der Waals surface area contributed by atoms with Gasteiger partial charge < -0.3 is 24.8 Å². The summed E-state index contributed by atoms with van der Waals surface area (Å²) in [5.41, 5.74) is 0. The average Bonchev–Trinajstić information content (AvgIpc) is 2.27. The topological polar surface area (TPSA) is 96.2 Å². The van der Waals surface area contributed by atoms with Gasteiger partial charge in [0.2, 0.25) is 0 Å². The number of hydrogen-bond acceptors (Lipinski definition) is 6. The van der Waals surface area contributed by atoms with E-state index in [4.69, 9.17) is 24.8 Å². The molecule has 0 aromatic carbocycles. The monoisotopic (exact) mass is 236 g/mol. The fourth-order valence-electron chi connectivity index (χ4n) is 0.961. The molecular weight excluding hydrogens is 216 g/mol. The van der Waals surface area contributed by atoms with Crippen LogP contribution in [0.2, 0.25) is 0 Å². The second kappa shape index (κ2) is 9.53. The summed E-state index contributed by atoms with van der Waals surface area (Å²) in [6, 6.07) is 0. The summed E-state index contributed by atoms with van der Waals surface area (Å²) in [6.07, 6.45) is -0.688. The van der Waals surface area contributed by atoms with Crippen molar-refractivity contribution in [1.29, 1.82) is 0 Å². The molecule has 16 heavy (non-hydrogen) atoms. The molecule has 0 aliphatic carbocycles. The molecule has 6 heteroatoms. The average molecular weight is 236 g/mol. The molecule has 0 heterocycles. The molecule has 2 unspecified atom stereocenters. The first-order valence-corrected chi connectivity index (χ1v) is 5.31. The van der Waals surface area contributed by atoms with E-state index in [0.29, 0.717) is 12.8 Å². The largest absolute Gasteiger partial charge is 0.457 e. The summed E-state index contributed by atoms with van der Waals surface area (Å²) < 4.78 is 9.87. The van der Waals surface area contributed by atoms with Crippen LogP contribution in [0.15, 0.2) is 0 Å². The Morgan fingerprint density at radius 1 is 1.25 bits per heavy atom. The van der Waals surface area contributed by atoms with Crippen LogP contribution in [0, 0.1) is 0 Å². The van der Waals surface area contributed by atoms with E-state index in [1.165, 1.54) is 0 Å². The summed E-state index contributed by atoms with van der Waals surface area (Å²) in [4.78, 5) is 11.1. The third-order valence-electron chi connectivity index (χ3n) is 1.78. The minimum absolute atomic E-state index is 0.00299. The van der Waals surface area contributed by atoms with Crippen molar-refractivity contribution in [3.05, 3.63) is 0 Å². The van der Waals surface area contributed by atoms with Crippen LogP contribution in [0.3, 0.4) is 0 Å². The number of hydrogen-bond donors (Lipinski definition) is 3. The Morgan fingerprint density at radius 3 is 2.44 bits per heavy atom. The Bertz CT molecular complexity index is 184. The molecule has 0 aliphatic heterocycles. The molecule has 0 saturated carbocycles. The van der Waals surface area contributed by atoms with E-state index in [1.807, 2.05) is 6.92 Å². The highest BCUT2D eigenvalue weighted by Gasteiger charge is 2.13. The number of ether oxygens (including phenoxy) is 2. The van der Waals surface area contributed by atoms with Gasteiger partial charge in [-0.1, -0.05) is 6.92 Å². The first-order valence-electron chi connectivity index (χ1n) is 5.31. The summed E-state index contributed by atoms with van der Waals surface area (Å²) >= 11 is 0. The number of esters is 1. The lowest BCUT2D eigenvalue weighted by Crippen LogP contribution is -2.29. The van der Waals surface area contributed by atoms with Gasteiger partial charge in [0.25, 0.3) is 0 Å². The molecule has 0 aromatic rings. The summed E-state index contributed by atoms with van der Waals surface area (Å²) in [7, 11) is 0. The Hall–Kier alpha value is -0.690. The van der Waals surface area contributed by atoms with E-state index < -0.39 is 12.2 Å². The fourth-order valence-corrected chi connectivity index (χ4v) is 0.961. The van der Waals surface area contributed by atoms with Gasteiger partial charge in [-0.3, -0.25) is 4.79 Å². The summed E-state index contributed by atoms with van der Waals surface area (Å²) in [6.45, 7) is 1.08. The van der Waals surface area contributed by atoms with Gasteiger partial charge in [-0.15, -0.1) is 0 Å². The molecule has 0 spiro atoms. The minimum atomic E-state index is -0.953. The van der Waals surface area contributed by atoms with Crippen molar-refractivity contribution in [3.63, 3.8) is 0 Å². The fraction of sp³-hybridized carbons (Fsp3) is 0.900. The predicted octanol–water partition coefficient (Wildman–Crippen LogP) is -0.940. The van der Waals surface area contributed by atoms with E-state index in [-0.39, 0.29) is 32.4 Å². The van der Waals surface area contributed by atoms with Crippen molar-refractivity contribution in [3.8, 4) is 0 Å². The molecule has 96 valence electrons. The van der Waals surface area contributed by atoms with E-state index >= 15 is 0 Å². The second-order valence-electron chi connectivity index (χ2n) is 3.42. The smallest absolute Gasteiger partial charge is 0.306 e. The normalized spacial score (nSPS) is 14.5. The number of carbonyl (C=O) groups is 1. The molecule has 0 fully saturated rings. The quantitative estimate of drug-likeness (QED) is 0.447.